The highest BCUT2D eigenvalue weighted by atomic mass is 35.5. The Morgan fingerprint density at radius 3 is 2.32 bits per heavy atom. The van der Waals surface area contributed by atoms with Crippen molar-refractivity contribution in [3.8, 4) is 0 Å². The van der Waals surface area contributed by atoms with Crippen LogP contribution >= 0.6 is 11.6 Å². The van der Waals surface area contributed by atoms with Crippen LogP contribution in [0.15, 0.2) is 6.33 Å². The number of imidazole rings is 1. The number of rotatable bonds is 5. The number of halogens is 1. The number of hydrogen-bond donors (Lipinski definition) is 3. The summed E-state index contributed by atoms with van der Waals surface area (Å²) in [5.41, 5.74) is 1.35. The lowest BCUT2D eigenvalue weighted by atomic mass is 9.68. The highest BCUT2D eigenvalue weighted by Gasteiger charge is 2.60. The van der Waals surface area contributed by atoms with Gasteiger partial charge in [-0.1, -0.05) is 12.8 Å². The van der Waals surface area contributed by atoms with E-state index in [9.17, 15) is 10.2 Å². The van der Waals surface area contributed by atoms with Crippen molar-refractivity contribution < 1.29 is 10.2 Å². The highest BCUT2D eigenvalue weighted by molar-refractivity contribution is 6.28. The molecule has 4 aliphatic rings. The molecule has 3 N–H and O–H groups in total. The van der Waals surface area contributed by atoms with Crippen LogP contribution in [0.2, 0.25) is 5.28 Å². The van der Waals surface area contributed by atoms with Crippen LogP contribution in [-0.2, 0) is 0 Å². The van der Waals surface area contributed by atoms with Gasteiger partial charge in [-0.05, 0) is 67.4 Å². The molecule has 0 amide bonds. The Kier molecular flexibility index (Phi) is 3.91. The van der Waals surface area contributed by atoms with E-state index in [1.54, 1.807) is 6.33 Å². The molecule has 150 valence electrons. The smallest absolute Gasteiger partial charge is 0.226 e. The van der Waals surface area contributed by atoms with Crippen LogP contribution < -0.4 is 5.32 Å². The van der Waals surface area contributed by atoms with Gasteiger partial charge in [-0.25, -0.2) is 4.98 Å². The van der Waals surface area contributed by atoms with E-state index in [-0.39, 0.29) is 23.2 Å². The zero-order valence-electron chi connectivity index (χ0n) is 15.7. The highest BCUT2D eigenvalue weighted by Crippen LogP contribution is 2.58. The molecular weight excluding hydrogens is 378 g/mol. The van der Waals surface area contributed by atoms with Gasteiger partial charge in [-0.3, -0.25) is 0 Å². The summed E-state index contributed by atoms with van der Waals surface area (Å²) < 4.78 is 1.90. The van der Waals surface area contributed by atoms with Crippen molar-refractivity contribution in [3.63, 3.8) is 0 Å². The molecule has 0 spiro atoms. The molecular formula is C20H26ClN5O2. The first-order chi connectivity index (χ1) is 13.6. The van der Waals surface area contributed by atoms with Gasteiger partial charge in [0.2, 0.25) is 5.28 Å². The Morgan fingerprint density at radius 2 is 1.75 bits per heavy atom. The van der Waals surface area contributed by atoms with Crippen LogP contribution in [0.1, 0.15) is 51.0 Å². The van der Waals surface area contributed by atoms with Crippen molar-refractivity contribution in [1.82, 2.24) is 19.5 Å². The van der Waals surface area contributed by atoms with E-state index in [4.69, 9.17) is 11.6 Å². The second-order valence-electron chi connectivity index (χ2n) is 9.25. The molecule has 8 heteroatoms. The first kappa shape index (κ1) is 17.4. The van der Waals surface area contributed by atoms with Gasteiger partial charge < -0.3 is 20.1 Å². The molecule has 6 rings (SSSR count). The van der Waals surface area contributed by atoms with Crippen molar-refractivity contribution in [2.24, 2.45) is 23.7 Å². The molecule has 2 aromatic heterocycles. The van der Waals surface area contributed by atoms with E-state index in [2.05, 4.69) is 20.3 Å². The molecule has 2 heterocycles. The lowest BCUT2D eigenvalue weighted by molar-refractivity contribution is 0.00386. The van der Waals surface area contributed by atoms with Gasteiger partial charge in [0, 0.05) is 6.04 Å². The number of nitrogens with zero attached hydrogens (tertiary/aromatic N) is 4. The van der Waals surface area contributed by atoms with Crippen LogP contribution in [-0.4, -0.2) is 48.0 Å². The molecule has 4 aliphatic carbocycles. The third-order valence-electron chi connectivity index (χ3n) is 7.80. The average Bonchev–Trinajstić information content (AvgIpc) is 3.17. The molecule has 0 radical (unpaired) electrons. The molecule has 7 nitrogen and oxygen atoms in total. The Hall–Kier alpha value is -1.44. The molecule has 0 aromatic carbocycles. The van der Waals surface area contributed by atoms with E-state index in [0.717, 1.165) is 6.42 Å². The Bertz CT molecular complexity index is 897. The fraction of sp³-hybridized carbons (Fsp3) is 0.750. The maximum absolute atomic E-state index is 10.5. The van der Waals surface area contributed by atoms with Crippen LogP contribution in [0.4, 0.5) is 5.82 Å². The molecule has 2 aromatic rings. The minimum atomic E-state index is -0.788. The van der Waals surface area contributed by atoms with E-state index >= 15 is 0 Å². The van der Waals surface area contributed by atoms with Gasteiger partial charge in [0.15, 0.2) is 17.0 Å². The Morgan fingerprint density at radius 1 is 1.04 bits per heavy atom. The Balaban J connectivity index is 1.37. The largest absolute Gasteiger partial charge is 0.390 e. The monoisotopic (exact) mass is 403 g/mol. The van der Waals surface area contributed by atoms with Gasteiger partial charge in [0.25, 0.3) is 0 Å². The molecule has 4 saturated carbocycles. The van der Waals surface area contributed by atoms with E-state index in [1.807, 2.05) is 4.57 Å². The molecule has 0 aliphatic heterocycles. The SMILES string of the molecule is O[C@@H]1[C@H](O)[C@@H]2C[C@@H]2[C@H]1n1cnc2c(NC(C3CCC3)C3CCC3)nc(Cl)nc21. The zero-order valence-corrected chi connectivity index (χ0v) is 16.5. The molecule has 5 atom stereocenters. The standard InChI is InChI=1S/C20H26ClN5O2/c21-20-24-18(23-13(9-3-1-4-9)10-5-2-6-10)14-19(25-20)26(8-22-14)15-11-7-12(11)16(27)17(15)28/h8-13,15-17,27-28H,1-7H2,(H,23,24,25)/t11-,12+,15+,16+,17-/m0/s1. The average molecular weight is 404 g/mol. The summed E-state index contributed by atoms with van der Waals surface area (Å²) in [5.74, 6) is 2.59. The maximum atomic E-state index is 10.5. The minimum absolute atomic E-state index is 0.189. The number of fused-ring (bicyclic) bond motifs is 2. The number of aliphatic hydroxyl groups excluding tert-OH is 2. The third-order valence-corrected chi connectivity index (χ3v) is 7.97. The summed E-state index contributed by atoms with van der Waals surface area (Å²) in [6, 6.07) is 0.228. The molecule has 4 fully saturated rings. The predicted octanol–water partition coefficient (Wildman–Crippen LogP) is 2.77. The van der Waals surface area contributed by atoms with Crippen molar-refractivity contribution in [2.45, 2.75) is 69.2 Å². The van der Waals surface area contributed by atoms with Gasteiger partial charge in [-0.2, -0.15) is 9.97 Å². The summed E-state index contributed by atoms with van der Waals surface area (Å²) in [7, 11) is 0. The van der Waals surface area contributed by atoms with Crippen molar-refractivity contribution in [2.75, 3.05) is 5.32 Å². The molecule has 28 heavy (non-hydrogen) atoms. The van der Waals surface area contributed by atoms with Gasteiger partial charge >= 0.3 is 0 Å². The molecule has 0 unspecified atom stereocenters. The lowest BCUT2D eigenvalue weighted by Gasteiger charge is -2.43. The molecule has 0 saturated heterocycles. The van der Waals surface area contributed by atoms with Crippen LogP contribution in [0, 0.1) is 23.7 Å². The van der Waals surface area contributed by atoms with E-state index in [1.165, 1.54) is 38.5 Å². The number of nitrogens with one attached hydrogen (secondary N) is 1. The lowest BCUT2D eigenvalue weighted by Crippen LogP contribution is -2.42. The third kappa shape index (κ3) is 2.52. The van der Waals surface area contributed by atoms with Crippen molar-refractivity contribution in [1.29, 1.82) is 0 Å². The number of aliphatic hydroxyl groups is 2. The second kappa shape index (κ2) is 6.28. The van der Waals surface area contributed by atoms with Crippen LogP contribution in [0.25, 0.3) is 11.2 Å². The van der Waals surface area contributed by atoms with E-state index < -0.39 is 12.2 Å². The molecule has 0 bridgehead atoms. The fourth-order valence-corrected chi connectivity index (χ4v) is 5.85. The predicted molar refractivity (Wildman–Crippen MR) is 105 cm³/mol. The minimum Gasteiger partial charge on any atom is -0.390 e. The Labute approximate surface area is 168 Å². The summed E-state index contributed by atoms with van der Waals surface area (Å²) >= 11 is 6.29. The van der Waals surface area contributed by atoms with Crippen LogP contribution in [0.5, 0.6) is 0 Å². The number of hydrogen-bond acceptors (Lipinski definition) is 6. The first-order valence-corrected chi connectivity index (χ1v) is 11.0. The van der Waals surface area contributed by atoms with Gasteiger partial charge in [0.05, 0.1) is 18.5 Å². The van der Waals surface area contributed by atoms with Crippen molar-refractivity contribution >= 4 is 28.6 Å². The quantitative estimate of drug-likeness (QED) is 0.664. The zero-order chi connectivity index (χ0) is 19.0. The van der Waals surface area contributed by atoms with Gasteiger partial charge in [0.1, 0.15) is 6.10 Å². The summed E-state index contributed by atoms with van der Waals surface area (Å²) in [6.45, 7) is 0. The summed E-state index contributed by atoms with van der Waals surface area (Å²) in [5, 5.41) is 24.6. The number of aromatic nitrogens is 4. The topological polar surface area (TPSA) is 96.1 Å². The summed E-state index contributed by atoms with van der Waals surface area (Å²) in [6.07, 6.45) is 8.96. The van der Waals surface area contributed by atoms with Crippen LogP contribution in [0.3, 0.4) is 0 Å². The summed E-state index contributed by atoms with van der Waals surface area (Å²) in [4.78, 5) is 13.5. The second-order valence-corrected chi connectivity index (χ2v) is 9.59. The van der Waals surface area contributed by atoms with Gasteiger partial charge in [-0.15, -0.1) is 0 Å². The van der Waals surface area contributed by atoms with Crippen molar-refractivity contribution in [3.05, 3.63) is 11.6 Å². The maximum Gasteiger partial charge on any atom is 0.226 e. The first-order valence-electron chi connectivity index (χ1n) is 10.6. The van der Waals surface area contributed by atoms with E-state index in [0.29, 0.717) is 34.9 Å². The fourth-order valence-electron chi connectivity index (χ4n) is 5.69. The normalized spacial score (nSPS) is 35.1. The number of anilines is 1.